The monoisotopic (exact) mass is 482 g/mol. The van der Waals surface area contributed by atoms with E-state index in [0.717, 1.165) is 16.8 Å². The van der Waals surface area contributed by atoms with Crippen LogP contribution in [0, 0.1) is 10.1 Å². The van der Waals surface area contributed by atoms with Gasteiger partial charge < -0.3 is 11.1 Å². The Morgan fingerprint density at radius 2 is 1.46 bits per heavy atom. The zero-order chi connectivity index (χ0) is 24.8. The van der Waals surface area contributed by atoms with Gasteiger partial charge in [-0.2, -0.15) is 0 Å². The van der Waals surface area contributed by atoms with Gasteiger partial charge in [-0.3, -0.25) is 19.8 Å². The molecular formula is C27H22N4O3S. The highest BCUT2D eigenvalue weighted by atomic mass is 32.1. The number of primary amides is 1. The Bertz CT molecular complexity index is 1390. The van der Waals surface area contributed by atoms with Gasteiger partial charge in [-0.1, -0.05) is 78.9 Å². The quantitative estimate of drug-likeness (QED) is 0.195. The number of benzene rings is 4. The van der Waals surface area contributed by atoms with Gasteiger partial charge in [0.15, 0.2) is 5.11 Å². The highest BCUT2D eigenvalue weighted by Crippen LogP contribution is 2.38. The molecule has 0 atom stereocenters. The van der Waals surface area contributed by atoms with Crippen molar-refractivity contribution in [2.24, 2.45) is 5.73 Å². The standard InChI is InChI=1S/C27H22N4O3S/c28-26(32)18-20-12-4-7-15-23(20)30(27(35)29-22-14-6-9-17-25(22)31(33)34)24-16-8-5-13-21(24)19-10-2-1-3-11-19/h1-17H,18H2,(H2,28,32)(H,29,35). The third-order valence-electron chi connectivity index (χ3n) is 5.37. The molecule has 0 saturated heterocycles. The van der Waals surface area contributed by atoms with Gasteiger partial charge in [-0.25, -0.2) is 0 Å². The molecular weight excluding hydrogens is 460 g/mol. The van der Waals surface area contributed by atoms with Crippen LogP contribution >= 0.6 is 12.2 Å². The van der Waals surface area contributed by atoms with Crippen molar-refractivity contribution in [1.82, 2.24) is 0 Å². The number of rotatable bonds is 7. The second kappa shape index (κ2) is 10.6. The van der Waals surface area contributed by atoms with Gasteiger partial charge in [0.1, 0.15) is 5.69 Å². The topological polar surface area (TPSA) is 102 Å². The molecule has 174 valence electrons. The number of thiocarbonyl (C=S) groups is 1. The van der Waals surface area contributed by atoms with Gasteiger partial charge in [-0.05, 0) is 41.5 Å². The van der Waals surface area contributed by atoms with E-state index >= 15 is 0 Å². The van der Waals surface area contributed by atoms with Gasteiger partial charge in [0.05, 0.1) is 22.7 Å². The van der Waals surface area contributed by atoms with E-state index in [1.807, 2.05) is 78.9 Å². The molecule has 3 N–H and O–H groups in total. The molecule has 0 saturated carbocycles. The van der Waals surface area contributed by atoms with Crippen LogP contribution in [0.3, 0.4) is 0 Å². The number of para-hydroxylation sites is 4. The molecule has 0 aliphatic carbocycles. The van der Waals surface area contributed by atoms with Crippen molar-refractivity contribution in [3.63, 3.8) is 0 Å². The normalized spacial score (nSPS) is 10.4. The number of nitrogens with zero attached hydrogens (tertiary/aromatic N) is 2. The SMILES string of the molecule is NC(=O)Cc1ccccc1N(C(=S)Nc1ccccc1[N+](=O)[O-])c1ccccc1-c1ccccc1. The lowest BCUT2D eigenvalue weighted by molar-refractivity contribution is -0.383. The average molecular weight is 483 g/mol. The van der Waals surface area contributed by atoms with E-state index in [4.69, 9.17) is 18.0 Å². The third-order valence-corrected chi connectivity index (χ3v) is 5.66. The van der Waals surface area contributed by atoms with Gasteiger partial charge in [-0.15, -0.1) is 0 Å². The fraction of sp³-hybridized carbons (Fsp3) is 0.0370. The number of hydrogen-bond acceptors (Lipinski definition) is 4. The second-order valence-electron chi connectivity index (χ2n) is 7.69. The lowest BCUT2D eigenvalue weighted by atomic mass is 10.0. The average Bonchev–Trinajstić information content (AvgIpc) is 2.86. The van der Waals surface area contributed by atoms with Gasteiger partial charge in [0.25, 0.3) is 5.69 Å². The Kier molecular flexibility index (Phi) is 7.13. The van der Waals surface area contributed by atoms with Crippen molar-refractivity contribution in [1.29, 1.82) is 0 Å². The first kappa shape index (κ1) is 23.6. The molecule has 0 spiro atoms. The summed E-state index contributed by atoms with van der Waals surface area (Å²) in [5.74, 6) is -0.480. The molecule has 0 unspecified atom stereocenters. The second-order valence-corrected chi connectivity index (χ2v) is 8.08. The Balaban J connectivity index is 1.89. The summed E-state index contributed by atoms with van der Waals surface area (Å²) in [6, 6.07) is 31.1. The van der Waals surface area contributed by atoms with Crippen LogP contribution < -0.4 is 16.0 Å². The van der Waals surface area contributed by atoms with Crippen LogP contribution in [0.5, 0.6) is 0 Å². The Morgan fingerprint density at radius 1 is 0.857 bits per heavy atom. The number of carbonyl (C=O) groups excluding carboxylic acids is 1. The zero-order valence-electron chi connectivity index (χ0n) is 18.6. The van der Waals surface area contributed by atoms with E-state index in [1.165, 1.54) is 6.07 Å². The summed E-state index contributed by atoms with van der Waals surface area (Å²) < 4.78 is 0. The van der Waals surface area contributed by atoms with Crippen LogP contribution in [-0.4, -0.2) is 15.9 Å². The molecule has 0 aliphatic heterocycles. The van der Waals surface area contributed by atoms with Crippen LogP contribution in [0.2, 0.25) is 0 Å². The number of hydrogen-bond donors (Lipinski definition) is 2. The fourth-order valence-electron chi connectivity index (χ4n) is 3.85. The number of nitrogens with one attached hydrogen (secondary N) is 1. The van der Waals surface area contributed by atoms with E-state index in [2.05, 4.69) is 5.32 Å². The molecule has 7 nitrogen and oxygen atoms in total. The summed E-state index contributed by atoms with van der Waals surface area (Å²) >= 11 is 5.83. The molecule has 0 fully saturated rings. The number of nitrogens with two attached hydrogens (primary N) is 1. The number of carbonyl (C=O) groups is 1. The first-order valence-corrected chi connectivity index (χ1v) is 11.2. The minimum Gasteiger partial charge on any atom is -0.369 e. The minimum atomic E-state index is -0.480. The molecule has 8 heteroatoms. The van der Waals surface area contributed by atoms with Crippen molar-refractivity contribution >= 4 is 46.0 Å². The van der Waals surface area contributed by atoms with E-state index in [-0.39, 0.29) is 22.9 Å². The molecule has 1 amide bonds. The minimum absolute atomic E-state index is 0.00821. The van der Waals surface area contributed by atoms with E-state index in [0.29, 0.717) is 11.3 Å². The van der Waals surface area contributed by atoms with Gasteiger partial charge in [0.2, 0.25) is 5.91 Å². The van der Waals surface area contributed by atoms with E-state index < -0.39 is 10.8 Å². The largest absolute Gasteiger partial charge is 0.369 e. The molecule has 0 heterocycles. The summed E-state index contributed by atoms with van der Waals surface area (Å²) in [7, 11) is 0. The van der Waals surface area contributed by atoms with Crippen LogP contribution in [-0.2, 0) is 11.2 Å². The van der Waals surface area contributed by atoms with E-state index in [9.17, 15) is 14.9 Å². The maximum atomic E-state index is 11.8. The summed E-state index contributed by atoms with van der Waals surface area (Å²) in [6.45, 7) is 0. The molecule has 0 aromatic heterocycles. The molecule has 4 aromatic rings. The highest BCUT2D eigenvalue weighted by Gasteiger charge is 2.23. The van der Waals surface area contributed by atoms with Crippen LogP contribution in [0.15, 0.2) is 103 Å². The van der Waals surface area contributed by atoms with Gasteiger partial charge >= 0.3 is 0 Å². The molecule has 4 aromatic carbocycles. The smallest absolute Gasteiger partial charge is 0.292 e. The Labute approximate surface area is 208 Å². The van der Waals surface area contributed by atoms with Crippen LogP contribution in [0.25, 0.3) is 11.1 Å². The first-order valence-electron chi connectivity index (χ1n) is 10.8. The van der Waals surface area contributed by atoms with Crippen molar-refractivity contribution in [3.05, 3.63) is 119 Å². The molecule has 35 heavy (non-hydrogen) atoms. The Morgan fingerprint density at radius 3 is 2.17 bits per heavy atom. The van der Waals surface area contributed by atoms with Crippen molar-refractivity contribution in [3.8, 4) is 11.1 Å². The maximum absolute atomic E-state index is 11.8. The molecule has 0 bridgehead atoms. The maximum Gasteiger partial charge on any atom is 0.292 e. The third kappa shape index (κ3) is 5.34. The highest BCUT2D eigenvalue weighted by molar-refractivity contribution is 7.80. The summed E-state index contributed by atoms with van der Waals surface area (Å²) in [5.41, 5.74) is 9.61. The predicted molar refractivity (Wildman–Crippen MR) is 143 cm³/mol. The number of nitro groups is 1. The molecule has 4 rings (SSSR count). The number of anilines is 3. The first-order chi connectivity index (χ1) is 17.0. The zero-order valence-corrected chi connectivity index (χ0v) is 19.4. The summed E-state index contributed by atoms with van der Waals surface area (Å²) in [5, 5.41) is 14.8. The van der Waals surface area contributed by atoms with Crippen LogP contribution in [0.4, 0.5) is 22.7 Å². The lowest BCUT2D eigenvalue weighted by Gasteiger charge is -2.30. The van der Waals surface area contributed by atoms with Gasteiger partial charge in [0, 0.05) is 11.6 Å². The predicted octanol–water partition coefficient (Wildman–Crippen LogP) is 5.82. The van der Waals surface area contributed by atoms with E-state index in [1.54, 1.807) is 23.1 Å². The fourth-order valence-corrected chi connectivity index (χ4v) is 4.16. The lowest BCUT2D eigenvalue weighted by Crippen LogP contribution is -2.32. The summed E-state index contributed by atoms with van der Waals surface area (Å²) in [6.07, 6.45) is 0.00821. The number of nitro benzene ring substituents is 1. The summed E-state index contributed by atoms with van der Waals surface area (Å²) in [4.78, 5) is 24.7. The number of amides is 1. The van der Waals surface area contributed by atoms with Crippen molar-refractivity contribution < 1.29 is 9.72 Å². The molecule has 0 radical (unpaired) electrons. The Hall–Kier alpha value is -4.56. The van der Waals surface area contributed by atoms with Crippen molar-refractivity contribution in [2.75, 3.05) is 10.2 Å². The van der Waals surface area contributed by atoms with Crippen molar-refractivity contribution in [2.45, 2.75) is 6.42 Å². The van der Waals surface area contributed by atoms with Crippen LogP contribution in [0.1, 0.15) is 5.56 Å². The molecule has 0 aliphatic rings.